The van der Waals surface area contributed by atoms with Gasteiger partial charge in [-0.3, -0.25) is 4.79 Å². The SMILES string of the molecule is COc1ccc(CNC(=O)[C@@H](C)OC(=O)/C=C/c2ccc(C#N)cc2)cc1OC. The van der Waals surface area contributed by atoms with Crippen molar-refractivity contribution in [2.45, 2.75) is 19.6 Å². The van der Waals surface area contributed by atoms with Crippen LogP contribution in [0.15, 0.2) is 48.5 Å². The Hall–Kier alpha value is -3.79. The van der Waals surface area contributed by atoms with Gasteiger partial charge in [0.05, 0.1) is 25.9 Å². The number of hydrogen-bond acceptors (Lipinski definition) is 6. The van der Waals surface area contributed by atoms with Crippen molar-refractivity contribution in [1.82, 2.24) is 5.32 Å². The van der Waals surface area contributed by atoms with Gasteiger partial charge in [-0.25, -0.2) is 4.79 Å². The summed E-state index contributed by atoms with van der Waals surface area (Å²) in [4.78, 5) is 24.1. The monoisotopic (exact) mass is 394 g/mol. The van der Waals surface area contributed by atoms with Crippen molar-refractivity contribution in [3.05, 3.63) is 65.2 Å². The minimum absolute atomic E-state index is 0.252. The summed E-state index contributed by atoms with van der Waals surface area (Å²) < 4.78 is 15.5. The van der Waals surface area contributed by atoms with Gasteiger partial charge < -0.3 is 19.5 Å². The molecule has 7 heteroatoms. The first-order valence-corrected chi connectivity index (χ1v) is 8.84. The third-order valence-electron chi connectivity index (χ3n) is 4.03. The summed E-state index contributed by atoms with van der Waals surface area (Å²) >= 11 is 0. The zero-order valence-corrected chi connectivity index (χ0v) is 16.5. The normalized spacial score (nSPS) is 11.4. The maximum absolute atomic E-state index is 12.2. The standard InChI is InChI=1S/C22H22N2O5/c1-15(29-21(25)11-9-16-4-6-17(13-23)7-5-16)22(26)24-14-18-8-10-19(27-2)20(12-18)28-3/h4-12,15H,14H2,1-3H3,(H,24,26)/b11-9+/t15-/m1/s1. The Morgan fingerprint density at radius 1 is 1.10 bits per heavy atom. The molecule has 150 valence electrons. The molecule has 0 aromatic heterocycles. The van der Waals surface area contributed by atoms with Crippen LogP contribution in [0.4, 0.5) is 0 Å². The molecule has 0 heterocycles. The number of amides is 1. The third kappa shape index (κ3) is 6.40. The van der Waals surface area contributed by atoms with E-state index in [-0.39, 0.29) is 6.54 Å². The summed E-state index contributed by atoms with van der Waals surface area (Å²) in [5, 5.41) is 11.5. The molecular weight excluding hydrogens is 372 g/mol. The number of methoxy groups -OCH3 is 2. The number of esters is 1. The molecule has 1 N–H and O–H groups in total. The number of rotatable bonds is 8. The minimum Gasteiger partial charge on any atom is -0.493 e. The largest absolute Gasteiger partial charge is 0.493 e. The fraction of sp³-hybridized carbons (Fsp3) is 0.227. The zero-order chi connectivity index (χ0) is 21.2. The fourth-order valence-electron chi connectivity index (χ4n) is 2.42. The summed E-state index contributed by atoms with van der Waals surface area (Å²) in [6.45, 7) is 1.75. The van der Waals surface area contributed by atoms with Crippen LogP contribution in [0.1, 0.15) is 23.6 Å². The molecule has 7 nitrogen and oxygen atoms in total. The molecule has 0 radical (unpaired) electrons. The van der Waals surface area contributed by atoms with E-state index in [0.29, 0.717) is 17.1 Å². The smallest absolute Gasteiger partial charge is 0.331 e. The van der Waals surface area contributed by atoms with Gasteiger partial charge in [-0.1, -0.05) is 18.2 Å². The van der Waals surface area contributed by atoms with Gasteiger partial charge in [0.15, 0.2) is 17.6 Å². The summed E-state index contributed by atoms with van der Waals surface area (Å²) in [5.41, 5.74) is 2.09. The van der Waals surface area contributed by atoms with E-state index in [0.717, 1.165) is 11.1 Å². The number of nitriles is 1. The van der Waals surface area contributed by atoms with Crippen molar-refractivity contribution in [2.24, 2.45) is 0 Å². The minimum atomic E-state index is -0.951. The van der Waals surface area contributed by atoms with Gasteiger partial charge in [0, 0.05) is 12.6 Å². The quantitative estimate of drug-likeness (QED) is 0.546. The maximum Gasteiger partial charge on any atom is 0.331 e. The Morgan fingerprint density at radius 2 is 1.79 bits per heavy atom. The molecule has 2 rings (SSSR count). The molecule has 1 amide bonds. The van der Waals surface area contributed by atoms with Crippen LogP contribution in [0, 0.1) is 11.3 Å². The molecule has 29 heavy (non-hydrogen) atoms. The van der Waals surface area contributed by atoms with Crippen molar-refractivity contribution in [3.63, 3.8) is 0 Å². The first-order chi connectivity index (χ1) is 14.0. The topological polar surface area (TPSA) is 97.6 Å². The van der Waals surface area contributed by atoms with Crippen LogP contribution in [0.3, 0.4) is 0 Å². The Kier molecular flexibility index (Phi) is 7.80. The predicted molar refractivity (Wildman–Crippen MR) is 107 cm³/mol. The van der Waals surface area contributed by atoms with Gasteiger partial charge in [0.2, 0.25) is 0 Å². The van der Waals surface area contributed by atoms with E-state index in [4.69, 9.17) is 19.5 Å². The van der Waals surface area contributed by atoms with E-state index in [1.165, 1.54) is 20.1 Å². The van der Waals surface area contributed by atoms with E-state index in [9.17, 15) is 9.59 Å². The molecule has 2 aromatic rings. The number of nitrogens with zero attached hydrogens (tertiary/aromatic N) is 1. The van der Waals surface area contributed by atoms with Gasteiger partial charge in [-0.15, -0.1) is 0 Å². The molecule has 0 fully saturated rings. The lowest BCUT2D eigenvalue weighted by molar-refractivity contribution is -0.150. The van der Waals surface area contributed by atoms with E-state index >= 15 is 0 Å². The summed E-state index contributed by atoms with van der Waals surface area (Å²) in [5.74, 6) is 0.105. The average Bonchev–Trinajstić information content (AvgIpc) is 2.75. The second-order valence-electron chi connectivity index (χ2n) is 6.05. The van der Waals surface area contributed by atoms with E-state index in [1.54, 1.807) is 55.7 Å². The third-order valence-corrected chi connectivity index (χ3v) is 4.03. The van der Waals surface area contributed by atoms with Crippen LogP contribution >= 0.6 is 0 Å². The molecule has 0 saturated carbocycles. The van der Waals surface area contributed by atoms with Gasteiger partial charge in [-0.2, -0.15) is 5.26 Å². The second kappa shape index (κ2) is 10.5. The van der Waals surface area contributed by atoms with Crippen LogP contribution in [-0.2, 0) is 20.9 Å². The lowest BCUT2D eigenvalue weighted by Gasteiger charge is -2.13. The summed E-state index contributed by atoms with van der Waals surface area (Å²) in [7, 11) is 3.08. The lowest BCUT2D eigenvalue weighted by atomic mass is 10.1. The van der Waals surface area contributed by atoms with E-state index < -0.39 is 18.0 Å². The number of ether oxygens (including phenoxy) is 3. The van der Waals surface area contributed by atoms with Gasteiger partial charge >= 0.3 is 5.97 Å². The average molecular weight is 394 g/mol. The maximum atomic E-state index is 12.2. The van der Waals surface area contributed by atoms with E-state index in [1.807, 2.05) is 6.07 Å². The fourth-order valence-corrected chi connectivity index (χ4v) is 2.42. The van der Waals surface area contributed by atoms with Crippen LogP contribution in [0.5, 0.6) is 11.5 Å². The lowest BCUT2D eigenvalue weighted by Crippen LogP contribution is -2.35. The Balaban J connectivity index is 1.85. The molecule has 0 saturated heterocycles. The first-order valence-electron chi connectivity index (χ1n) is 8.84. The first kappa shape index (κ1) is 21.5. The summed E-state index contributed by atoms with van der Waals surface area (Å²) in [6.07, 6.45) is 1.84. The van der Waals surface area contributed by atoms with E-state index in [2.05, 4.69) is 5.32 Å². The second-order valence-corrected chi connectivity index (χ2v) is 6.05. The van der Waals surface area contributed by atoms with Crippen molar-refractivity contribution < 1.29 is 23.8 Å². The van der Waals surface area contributed by atoms with Gasteiger partial charge in [0.1, 0.15) is 0 Å². The molecule has 0 aliphatic carbocycles. The number of hydrogen-bond donors (Lipinski definition) is 1. The molecule has 0 spiro atoms. The van der Waals surface area contributed by atoms with Crippen molar-refractivity contribution in [1.29, 1.82) is 5.26 Å². The Labute approximate surface area is 169 Å². The predicted octanol–water partition coefficient (Wildman–Crippen LogP) is 2.84. The molecule has 0 aliphatic heterocycles. The van der Waals surface area contributed by atoms with Crippen molar-refractivity contribution in [2.75, 3.05) is 14.2 Å². The van der Waals surface area contributed by atoms with Crippen LogP contribution in [0.2, 0.25) is 0 Å². The highest BCUT2D eigenvalue weighted by atomic mass is 16.5. The van der Waals surface area contributed by atoms with Crippen LogP contribution in [0.25, 0.3) is 6.08 Å². The molecule has 0 aliphatic rings. The highest BCUT2D eigenvalue weighted by Crippen LogP contribution is 2.27. The number of nitrogens with one attached hydrogen (secondary N) is 1. The highest BCUT2D eigenvalue weighted by molar-refractivity contribution is 5.90. The number of carbonyl (C=O) groups is 2. The molecule has 0 unspecified atom stereocenters. The van der Waals surface area contributed by atoms with Crippen molar-refractivity contribution >= 4 is 18.0 Å². The molecule has 0 bridgehead atoms. The van der Waals surface area contributed by atoms with Crippen LogP contribution < -0.4 is 14.8 Å². The Bertz CT molecular complexity index is 929. The number of carbonyl (C=O) groups excluding carboxylic acids is 2. The number of benzene rings is 2. The van der Waals surface area contributed by atoms with Crippen molar-refractivity contribution in [3.8, 4) is 17.6 Å². The highest BCUT2D eigenvalue weighted by Gasteiger charge is 2.16. The van der Waals surface area contributed by atoms with Gasteiger partial charge in [-0.05, 0) is 48.4 Å². The molecular formula is C22H22N2O5. The molecule has 1 atom stereocenters. The Morgan fingerprint density at radius 3 is 2.41 bits per heavy atom. The van der Waals surface area contributed by atoms with Crippen LogP contribution in [-0.4, -0.2) is 32.2 Å². The molecule has 2 aromatic carbocycles. The zero-order valence-electron chi connectivity index (χ0n) is 16.5. The van der Waals surface area contributed by atoms with Gasteiger partial charge in [0.25, 0.3) is 5.91 Å². The summed E-state index contributed by atoms with van der Waals surface area (Å²) in [6, 6.07) is 14.0.